The zero-order valence-corrected chi connectivity index (χ0v) is 12.3. The highest BCUT2D eigenvalue weighted by molar-refractivity contribution is 6.31. The number of phenols is 2. The van der Waals surface area contributed by atoms with E-state index in [4.69, 9.17) is 16.3 Å². The topological polar surface area (TPSA) is 91.2 Å². The number of ether oxygens (including phenoxy) is 1. The number of hydrogen-bond acceptors (Lipinski definition) is 5. The molecule has 2 rings (SSSR count). The minimum Gasteiger partial charge on any atom is -0.507 e. The number of aromatic hydroxyl groups is 2. The van der Waals surface area contributed by atoms with E-state index in [0.29, 0.717) is 16.3 Å². The number of phenolic OH excluding ortho intramolecular Hbond substituents is 2. The number of nitrogens with one attached hydrogen (secondary N) is 1. The summed E-state index contributed by atoms with van der Waals surface area (Å²) in [6.45, 7) is 0. The molecule has 0 aromatic heterocycles. The Morgan fingerprint density at radius 2 is 2.00 bits per heavy atom. The lowest BCUT2D eigenvalue weighted by atomic mass is 10.2. The summed E-state index contributed by atoms with van der Waals surface area (Å²) in [7, 11) is 1.44. The molecule has 6 nitrogen and oxygen atoms in total. The van der Waals surface area contributed by atoms with Crippen molar-refractivity contribution >= 4 is 23.7 Å². The van der Waals surface area contributed by atoms with E-state index in [1.54, 1.807) is 12.1 Å². The molecule has 0 aliphatic rings. The van der Waals surface area contributed by atoms with Gasteiger partial charge in [-0.05, 0) is 42.0 Å². The molecular formula is C15H13ClN2O4. The monoisotopic (exact) mass is 320 g/mol. The van der Waals surface area contributed by atoms with Crippen LogP contribution in [-0.4, -0.2) is 29.4 Å². The van der Waals surface area contributed by atoms with Crippen molar-refractivity contribution in [2.75, 3.05) is 7.11 Å². The summed E-state index contributed by atoms with van der Waals surface area (Å²) in [5.41, 5.74) is 2.84. The van der Waals surface area contributed by atoms with Gasteiger partial charge in [0.1, 0.15) is 5.75 Å². The maximum atomic E-state index is 11.9. The van der Waals surface area contributed by atoms with Crippen molar-refractivity contribution in [3.63, 3.8) is 0 Å². The van der Waals surface area contributed by atoms with Crippen molar-refractivity contribution < 1.29 is 19.7 Å². The second kappa shape index (κ2) is 6.82. The number of hydrazone groups is 1. The number of rotatable bonds is 4. The van der Waals surface area contributed by atoms with Gasteiger partial charge >= 0.3 is 0 Å². The lowest BCUT2D eigenvalue weighted by Gasteiger charge is -2.04. The van der Waals surface area contributed by atoms with E-state index in [1.165, 1.54) is 37.6 Å². The van der Waals surface area contributed by atoms with Crippen LogP contribution in [-0.2, 0) is 0 Å². The molecule has 7 heteroatoms. The van der Waals surface area contributed by atoms with Gasteiger partial charge in [-0.3, -0.25) is 4.79 Å². The maximum absolute atomic E-state index is 11.9. The molecule has 0 atom stereocenters. The maximum Gasteiger partial charge on any atom is 0.275 e. The normalized spacial score (nSPS) is 10.6. The molecule has 2 aromatic carbocycles. The summed E-state index contributed by atoms with van der Waals surface area (Å²) in [5.74, 6) is -0.497. The third-order valence-electron chi connectivity index (χ3n) is 2.79. The molecule has 0 aliphatic carbocycles. The smallest absolute Gasteiger partial charge is 0.275 e. The minimum absolute atomic E-state index is 0.0160. The first-order chi connectivity index (χ1) is 10.5. The summed E-state index contributed by atoms with van der Waals surface area (Å²) < 4.78 is 4.92. The molecule has 2 aromatic rings. The van der Waals surface area contributed by atoms with Crippen LogP contribution in [0.15, 0.2) is 41.5 Å². The van der Waals surface area contributed by atoms with E-state index >= 15 is 0 Å². The molecule has 0 heterocycles. The fourth-order valence-electron chi connectivity index (χ4n) is 1.70. The number of methoxy groups -OCH3 is 1. The summed E-state index contributed by atoms with van der Waals surface area (Å²) in [6.07, 6.45) is 1.35. The molecule has 0 spiro atoms. The van der Waals surface area contributed by atoms with Crippen LogP contribution < -0.4 is 10.2 Å². The zero-order chi connectivity index (χ0) is 16.1. The predicted molar refractivity (Wildman–Crippen MR) is 82.8 cm³/mol. The molecule has 0 aliphatic heterocycles. The fourth-order valence-corrected chi connectivity index (χ4v) is 1.88. The largest absolute Gasteiger partial charge is 0.507 e. The van der Waals surface area contributed by atoms with Gasteiger partial charge in [0, 0.05) is 5.02 Å². The summed E-state index contributed by atoms with van der Waals surface area (Å²) in [5, 5.41) is 23.3. The molecule has 22 heavy (non-hydrogen) atoms. The van der Waals surface area contributed by atoms with Crippen molar-refractivity contribution in [1.82, 2.24) is 5.43 Å². The summed E-state index contributed by atoms with van der Waals surface area (Å²) in [6, 6.07) is 8.79. The highest BCUT2D eigenvalue weighted by atomic mass is 35.5. The van der Waals surface area contributed by atoms with Gasteiger partial charge < -0.3 is 14.9 Å². The second-order valence-corrected chi connectivity index (χ2v) is 4.73. The van der Waals surface area contributed by atoms with Crippen LogP contribution in [0.5, 0.6) is 17.2 Å². The third kappa shape index (κ3) is 3.67. The van der Waals surface area contributed by atoms with Crippen molar-refractivity contribution in [2.24, 2.45) is 5.10 Å². The quantitative estimate of drug-likeness (QED) is 0.596. The first-order valence-electron chi connectivity index (χ1n) is 6.20. The lowest BCUT2D eigenvalue weighted by molar-refractivity contribution is 0.0952. The van der Waals surface area contributed by atoms with E-state index in [-0.39, 0.29) is 17.1 Å². The summed E-state index contributed by atoms with van der Waals surface area (Å²) >= 11 is 5.77. The molecule has 3 N–H and O–H groups in total. The first kappa shape index (κ1) is 15.7. The van der Waals surface area contributed by atoms with Crippen molar-refractivity contribution in [3.8, 4) is 17.2 Å². The number of amides is 1. The van der Waals surface area contributed by atoms with Gasteiger partial charge in [0.2, 0.25) is 0 Å². The van der Waals surface area contributed by atoms with E-state index in [1.807, 2.05) is 0 Å². The van der Waals surface area contributed by atoms with Crippen molar-refractivity contribution in [2.45, 2.75) is 0 Å². The van der Waals surface area contributed by atoms with Gasteiger partial charge in [0.15, 0.2) is 11.5 Å². The average Bonchev–Trinajstić information content (AvgIpc) is 2.49. The number of benzene rings is 2. The number of nitrogens with zero attached hydrogens (tertiary/aromatic N) is 1. The third-order valence-corrected chi connectivity index (χ3v) is 3.02. The van der Waals surface area contributed by atoms with E-state index in [9.17, 15) is 15.0 Å². The van der Waals surface area contributed by atoms with E-state index in [2.05, 4.69) is 10.5 Å². The van der Waals surface area contributed by atoms with Gasteiger partial charge in [-0.25, -0.2) is 5.43 Å². The number of halogens is 1. The second-order valence-electron chi connectivity index (χ2n) is 4.29. The molecule has 0 saturated heterocycles. The van der Waals surface area contributed by atoms with Gasteiger partial charge in [-0.2, -0.15) is 5.10 Å². The molecule has 0 fully saturated rings. The van der Waals surface area contributed by atoms with E-state index < -0.39 is 5.91 Å². The van der Waals surface area contributed by atoms with Crippen LogP contribution in [0, 0.1) is 0 Å². The Labute approximate surface area is 131 Å². The highest BCUT2D eigenvalue weighted by Gasteiger charge is 2.10. The van der Waals surface area contributed by atoms with E-state index in [0.717, 1.165) is 0 Å². The molecule has 0 saturated carbocycles. The van der Waals surface area contributed by atoms with Crippen molar-refractivity contribution in [1.29, 1.82) is 0 Å². The minimum atomic E-state index is -0.603. The Balaban J connectivity index is 2.07. The van der Waals surface area contributed by atoms with Crippen LogP contribution >= 0.6 is 11.6 Å². The Morgan fingerprint density at radius 1 is 1.23 bits per heavy atom. The molecule has 1 amide bonds. The van der Waals surface area contributed by atoms with Gasteiger partial charge in [-0.1, -0.05) is 11.6 Å². The molecule has 114 valence electrons. The molecule has 0 radical (unpaired) electrons. The van der Waals surface area contributed by atoms with Crippen LogP contribution in [0.2, 0.25) is 5.02 Å². The molecule has 0 bridgehead atoms. The van der Waals surface area contributed by atoms with Crippen LogP contribution in [0.25, 0.3) is 0 Å². The first-order valence-corrected chi connectivity index (χ1v) is 6.58. The number of carbonyl (C=O) groups is 1. The molecule has 0 unspecified atom stereocenters. The predicted octanol–water partition coefficient (Wildman–Crippen LogP) is 2.52. The van der Waals surface area contributed by atoms with Crippen LogP contribution in [0.3, 0.4) is 0 Å². The lowest BCUT2D eigenvalue weighted by Crippen LogP contribution is -2.17. The number of hydrogen-bond donors (Lipinski definition) is 3. The Morgan fingerprint density at radius 3 is 2.68 bits per heavy atom. The molecular weight excluding hydrogens is 308 g/mol. The average molecular weight is 321 g/mol. The van der Waals surface area contributed by atoms with Gasteiger partial charge in [0.25, 0.3) is 5.91 Å². The van der Waals surface area contributed by atoms with Crippen LogP contribution in [0.4, 0.5) is 0 Å². The highest BCUT2D eigenvalue weighted by Crippen LogP contribution is 2.25. The van der Waals surface area contributed by atoms with Gasteiger partial charge in [-0.15, -0.1) is 0 Å². The fraction of sp³-hybridized carbons (Fsp3) is 0.0667. The van der Waals surface area contributed by atoms with Crippen molar-refractivity contribution in [3.05, 3.63) is 52.5 Å². The zero-order valence-electron chi connectivity index (χ0n) is 11.6. The Hall–Kier alpha value is -2.73. The summed E-state index contributed by atoms with van der Waals surface area (Å²) in [4.78, 5) is 11.9. The Bertz CT molecular complexity index is 731. The van der Waals surface area contributed by atoms with Gasteiger partial charge in [0.05, 0.1) is 18.9 Å². The van der Waals surface area contributed by atoms with Crippen LogP contribution in [0.1, 0.15) is 15.9 Å². The standard InChI is InChI=1S/C15H13ClN2O4/c1-22-14-5-2-9(6-13(14)20)8-17-18-15(21)11-7-10(16)3-4-12(11)19/h2-8,19-20H,1H3,(H,18,21). The SMILES string of the molecule is COc1ccc(C=NNC(=O)c2cc(Cl)ccc2O)cc1O. The number of carbonyl (C=O) groups excluding carboxylic acids is 1. The Kier molecular flexibility index (Phi) is 4.85.